The number of carbonyl (C=O) groups excluding carboxylic acids is 1. The van der Waals surface area contributed by atoms with Crippen LogP contribution >= 0.6 is 0 Å². The van der Waals surface area contributed by atoms with Crippen molar-refractivity contribution in [1.82, 2.24) is 29.8 Å². The van der Waals surface area contributed by atoms with Crippen molar-refractivity contribution in [3.8, 4) is 0 Å². The lowest BCUT2D eigenvalue weighted by molar-refractivity contribution is -0.131. The van der Waals surface area contributed by atoms with Crippen molar-refractivity contribution in [2.45, 2.75) is 6.42 Å². The minimum absolute atomic E-state index is 0.146. The molecule has 9 heteroatoms. The van der Waals surface area contributed by atoms with Gasteiger partial charge in [-0.05, 0) is 12.1 Å². The van der Waals surface area contributed by atoms with Crippen molar-refractivity contribution in [3.63, 3.8) is 0 Å². The molecule has 3 aromatic heterocycles. The Morgan fingerprint density at radius 1 is 1.12 bits per heavy atom. The normalized spacial score (nSPS) is 14.6. The number of anilines is 2. The zero-order valence-corrected chi connectivity index (χ0v) is 14.3. The van der Waals surface area contributed by atoms with Crippen molar-refractivity contribution < 1.29 is 4.79 Å². The Morgan fingerprint density at radius 3 is 2.81 bits per heavy atom. The maximum atomic E-state index is 12.4. The van der Waals surface area contributed by atoms with Crippen LogP contribution in [0.5, 0.6) is 0 Å². The number of piperazine rings is 1. The third-order valence-corrected chi connectivity index (χ3v) is 4.46. The summed E-state index contributed by atoms with van der Waals surface area (Å²) >= 11 is 0. The van der Waals surface area contributed by atoms with Crippen molar-refractivity contribution in [3.05, 3.63) is 37.1 Å². The molecule has 0 unspecified atom stereocenters. The summed E-state index contributed by atoms with van der Waals surface area (Å²) in [6.45, 7) is 3.56. The van der Waals surface area contributed by atoms with Crippen LogP contribution in [0.4, 0.5) is 11.6 Å². The number of aromatic amines is 1. The topological polar surface area (TPSA) is 103 Å². The quantitative estimate of drug-likeness (QED) is 0.703. The highest BCUT2D eigenvalue weighted by molar-refractivity contribution is 5.82. The van der Waals surface area contributed by atoms with E-state index < -0.39 is 0 Å². The van der Waals surface area contributed by atoms with E-state index in [0.717, 1.165) is 24.4 Å². The number of amides is 1. The van der Waals surface area contributed by atoms with Crippen LogP contribution in [0.3, 0.4) is 0 Å². The van der Waals surface area contributed by atoms with Gasteiger partial charge < -0.3 is 20.1 Å². The number of aromatic nitrogens is 5. The standard InChI is InChI=1S/C17H20N8O/c26-14(4-6-19-16-15-17(21-11-20-15)23-12-22-16)25-9-7-24(8-10-25)13-3-1-2-5-18-13/h1-3,5,11-12H,4,6-10H2,(H2,19,20,21,22,23). The van der Waals surface area contributed by atoms with E-state index in [4.69, 9.17) is 0 Å². The van der Waals surface area contributed by atoms with E-state index in [0.29, 0.717) is 37.5 Å². The molecule has 0 bridgehead atoms. The fourth-order valence-electron chi connectivity index (χ4n) is 3.07. The molecule has 9 nitrogen and oxygen atoms in total. The van der Waals surface area contributed by atoms with Gasteiger partial charge in [0.05, 0.1) is 6.33 Å². The zero-order valence-electron chi connectivity index (χ0n) is 14.3. The van der Waals surface area contributed by atoms with E-state index in [1.165, 1.54) is 6.33 Å². The van der Waals surface area contributed by atoms with Crippen molar-refractivity contribution in [1.29, 1.82) is 0 Å². The molecular formula is C17H20N8O. The highest BCUT2D eigenvalue weighted by Gasteiger charge is 2.21. The van der Waals surface area contributed by atoms with Crippen LogP contribution in [0, 0.1) is 0 Å². The second kappa shape index (κ2) is 7.34. The minimum atomic E-state index is 0.146. The molecule has 0 spiro atoms. The van der Waals surface area contributed by atoms with E-state index in [1.54, 1.807) is 12.5 Å². The van der Waals surface area contributed by atoms with Gasteiger partial charge >= 0.3 is 0 Å². The predicted octanol–water partition coefficient (Wildman–Crippen LogP) is 0.899. The summed E-state index contributed by atoms with van der Waals surface area (Å²) in [6, 6.07) is 5.89. The highest BCUT2D eigenvalue weighted by atomic mass is 16.2. The number of pyridine rings is 1. The summed E-state index contributed by atoms with van der Waals surface area (Å²) in [5, 5.41) is 3.19. The molecule has 26 heavy (non-hydrogen) atoms. The lowest BCUT2D eigenvalue weighted by Crippen LogP contribution is -2.49. The molecule has 2 N–H and O–H groups in total. The number of fused-ring (bicyclic) bond motifs is 1. The molecule has 0 saturated carbocycles. The molecule has 0 aromatic carbocycles. The van der Waals surface area contributed by atoms with Crippen LogP contribution in [0.2, 0.25) is 0 Å². The Kier molecular flexibility index (Phi) is 4.59. The average Bonchev–Trinajstić information content (AvgIpc) is 3.18. The van der Waals surface area contributed by atoms with E-state index in [2.05, 4.69) is 35.1 Å². The summed E-state index contributed by atoms with van der Waals surface area (Å²) in [5.74, 6) is 1.78. The van der Waals surface area contributed by atoms with Gasteiger partial charge in [0.1, 0.15) is 17.7 Å². The molecule has 0 radical (unpaired) electrons. The number of rotatable bonds is 5. The molecular weight excluding hydrogens is 332 g/mol. The van der Waals surface area contributed by atoms with Gasteiger partial charge in [-0.2, -0.15) is 0 Å². The van der Waals surface area contributed by atoms with Crippen molar-refractivity contribution in [2.75, 3.05) is 42.9 Å². The number of hydrogen-bond donors (Lipinski definition) is 2. The van der Waals surface area contributed by atoms with Crippen LogP contribution in [0.25, 0.3) is 11.2 Å². The van der Waals surface area contributed by atoms with Gasteiger partial charge in [0, 0.05) is 45.3 Å². The van der Waals surface area contributed by atoms with Gasteiger partial charge in [-0.3, -0.25) is 4.79 Å². The van der Waals surface area contributed by atoms with Gasteiger partial charge in [-0.25, -0.2) is 19.9 Å². The second-order valence-corrected chi connectivity index (χ2v) is 6.06. The maximum absolute atomic E-state index is 12.4. The predicted molar refractivity (Wildman–Crippen MR) is 97.8 cm³/mol. The summed E-state index contributed by atoms with van der Waals surface area (Å²) in [6.07, 6.45) is 5.26. The number of nitrogens with one attached hydrogen (secondary N) is 2. The Morgan fingerprint density at radius 2 is 2.00 bits per heavy atom. The fourth-order valence-corrected chi connectivity index (χ4v) is 3.07. The first kappa shape index (κ1) is 16.2. The Bertz CT molecular complexity index is 873. The number of nitrogens with zero attached hydrogens (tertiary/aromatic N) is 6. The molecule has 4 heterocycles. The molecule has 1 saturated heterocycles. The zero-order chi connectivity index (χ0) is 17.8. The first-order chi connectivity index (χ1) is 12.8. The second-order valence-electron chi connectivity index (χ2n) is 6.06. The van der Waals surface area contributed by atoms with E-state index >= 15 is 0 Å². The van der Waals surface area contributed by atoms with Crippen LogP contribution in [0.1, 0.15) is 6.42 Å². The van der Waals surface area contributed by atoms with Gasteiger partial charge in [-0.1, -0.05) is 6.07 Å². The number of carbonyl (C=O) groups is 1. The summed E-state index contributed by atoms with van der Waals surface area (Å²) in [5.41, 5.74) is 1.36. The smallest absolute Gasteiger partial charge is 0.224 e. The van der Waals surface area contributed by atoms with Crippen LogP contribution < -0.4 is 10.2 Å². The first-order valence-corrected chi connectivity index (χ1v) is 8.63. The molecule has 4 rings (SSSR count). The maximum Gasteiger partial charge on any atom is 0.224 e. The lowest BCUT2D eigenvalue weighted by atomic mass is 10.2. The minimum Gasteiger partial charge on any atom is -0.368 e. The van der Waals surface area contributed by atoms with Crippen LogP contribution in [-0.2, 0) is 4.79 Å². The lowest BCUT2D eigenvalue weighted by Gasteiger charge is -2.35. The van der Waals surface area contributed by atoms with Gasteiger partial charge in [0.2, 0.25) is 5.91 Å². The molecule has 1 fully saturated rings. The molecule has 3 aromatic rings. The van der Waals surface area contributed by atoms with E-state index in [-0.39, 0.29) is 5.91 Å². The third-order valence-electron chi connectivity index (χ3n) is 4.46. The molecule has 134 valence electrons. The average molecular weight is 352 g/mol. The molecule has 1 aliphatic rings. The van der Waals surface area contributed by atoms with Crippen LogP contribution in [0.15, 0.2) is 37.1 Å². The third kappa shape index (κ3) is 3.41. The number of imidazole rings is 1. The molecule has 1 aliphatic heterocycles. The Labute approximate surface area is 150 Å². The highest BCUT2D eigenvalue weighted by Crippen LogP contribution is 2.15. The summed E-state index contributed by atoms with van der Waals surface area (Å²) in [4.78, 5) is 36.3. The summed E-state index contributed by atoms with van der Waals surface area (Å²) in [7, 11) is 0. The molecule has 0 aliphatic carbocycles. The fraction of sp³-hybridized carbons (Fsp3) is 0.353. The van der Waals surface area contributed by atoms with Crippen molar-refractivity contribution >= 4 is 28.7 Å². The van der Waals surface area contributed by atoms with Gasteiger partial charge in [-0.15, -0.1) is 0 Å². The first-order valence-electron chi connectivity index (χ1n) is 8.63. The van der Waals surface area contributed by atoms with E-state index in [1.807, 2.05) is 23.1 Å². The Balaban J connectivity index is 1.26. The number of H-pyrrole nitrogens is 1. The molecule has 1 amide bonds. The van der Waals surface area contributed by atoms with E-state index in [9.17, 15) is 4.79 Å². The Hall–Kier alpha value is -3.23. The SMILES string of the molecule is O=C(CCNc1ncnc2nc[nH]c12)N1CCN(c2ccccn2)CC1. The largest absolute Gasteiger partial charge is 0.368 e. The van der Waals surface area contributed by atoms with Gasteiger partial charge in [0.25, 0.3) is 0 Å². The van der Waals surface area contributed by atoms with Crippen molar-refractivity contribution in [2.24, 2.45) is 0 Å². The summed E-state index contributed by atoms with van der Waals surface area (Å²) < 4.78 is 0. The monoisotopic (exact) mass is 352 g/mol. The molecule has 0 atom stereocenters. The van der Waals surface area contributed by atoms with Crippen LogP contribution in [-0.4, -0.2) is 68.5 Å². The van der Waals surface area contributed by atoms with Gasteiger partial charge in [0.15, 0.2) is 11.5 Å². The number of hydrogen-bond acceptors (Lipinski definition) is 7.